The maximum atomic E-state index is 12.8. The number of carbonyl (C=O) groups excluding carboxylic acids is 3. The number of hydrogen-bond donors (Lipinski definition) is 0. The van der Waals surface area contributed by atoms with Crippen molar-refractivity contribution in [3.8, 4) is 0 Å². The molecule has 0 radical (unpaired) electrons. The first-order valence-electron chi connectivity index (χ1n) is 25.5. The molecule has 344 valence electrons. The van der Waals surface area contributed by atoms with Gasteiger partial charge in [-0.25, -0.2) is 0 Å². The van der Waals surface area contributed by atoms with E-state index in [9.17, 15) is 14.4 Å². The molecule has 6 nitrogen and oxygen atoms in total. The minimum absolute atomic E-state index is 0.0761. The highest BCUT2D eigenvalue weighted by Gasteiger charge is 2.19. The van der Waals surface area contributed by atoms with Crippen molar-refractivity contribution in [2.45, 2.75) is 271 Å². The summed E-state index contributed by atoms with van der Waals surface area (Å²) < 4.78 is 16.7. The topological polar surface area (TPSA) is 78.9 Å². The molecule has 0 N–H and O–H groups in total. The van der Waals surface area contributed by atoms with Crippen LogP contribution in [0.25, 0.3) is 0 Å². The van der Waals surface area contributed by atoms with Gasteiger partial charge in [-0.3, -0.25) is 14.4 Å². The van der Waals surface area contributed by atoms with Crippen LogP contribution in [0.2, 0.25) is 0 Å². The molecular formula is C53H96O6. The van der Waals surface area contributed by atoms with E-state index in [2.05, 4.69) is 57.2 Å². The van der Waals surface area contributed by atoms with E-state index in [1.165, 1.54) is 148 Å². The third-order valence-electron chi connectivity index (χ3n) is 11.1. The average Bonchev–Trinajstić information content (AvgIpc) is 3.23. The number of allylic oxidation sites excluding steroid dienone is 6. The SMILES string of the molecule is CCCCCC/C=C\C/C=C\CCCCCCCCCC(=O)OCC(COC(=O)CCCCCCCCCC)OC(=O)CCCCCCC/C=C\CCCCCCCC. The first kappa shape index (κ1) is 56.6. The van der Waals surface area contributed by atoms with E-state index in [0.29, 0.717) is 19.3 Å². The highest BCUT2D eigenvalue weighted by atomic mass is 16.6. The van der Waals surface area contributed by atoms with Gasteiger partial charge in [-0.2, -0.15) is 0 Å². The zero-order valence-corrected chi connectivity index (χ0v) is 39.3. The molecule has 6 heteroatoms. The Labute approximate surface area is 365 Å². The summed E-state index contributed by atoms with van der Waals surface area (Å²) in [4.78, 5) is 37.8. The van der Waals surface area contributed by atoms with E-state index in [4.69, 9.17) is 14.2 Å². The molecule has 59 heavy (non-hydrogen) atoms. The Morgan fingerprint density at radius 1 is 0.339 bits per heavy atom. The van der Waals surface area contributed by atoms with Crippen molar-refractivity contribution in [2.24, 2.45) is 0 Å². The van der Waals surface area contributed by atoms with Gasteiger partial charge in [0.1, 0.15) is 13.2 Å². The van der Waals surface area contributed by atoms with E-state index in [-0.39, 0.29) is 31.1 Å². The van der Waals surface area contributed by atoms with Crippen molar-refractivity contribution in [3.05, 3.63) is 36.5 Å². The van der Waals surface area contributed by atoms with Gasteiger partial charge in [-0.1, -0.05) is 205 Å². The fourth-order valence-corrected chi connectivity index (χ4v) is 7.23. The second-order valence-corrected chi connectivity index (χ2v) is 17.1. The van der Waals surface area contributed by atoms with Crippen LogP contribution in [0.15, 0.2) is 36.5 Å². The van der Waals surface area contributed by atoms with Crippen LogP contribution in [0.5, 0.6) is 0 Å². The van der Waals surface area contributed by atoms with Gasteiger partial charge in [0.2, 0.25) is 0 Å². The summed E-state index contributed by atoms with van der Waals surface area (Å²) in [6.07, 6.45) is 55.6. The summed E-state index contributed by atoms with van der Waals surface area (Å²) >= 11 is 0. The summed E-state index contributed by atoms with van der Waals surface area (Å²) in [5, 5.41) is 0. The largest absolute Gasteiger partial charge is 0.462 e. The van der Waals surface area contributed by atoms with Crippen LogP contribution in [-0.4, -0.2) is 37.2 Å². The minimum atomic E-state index is -0.774. The van der Waals surface area contributed by atoms with Gasteiger partial charge in [0, 0.05) is 19.3 Å². The maximum Gasteiger partial charge on any atom is 0.306 e. The van der Waals surface area contributed by atoms with E-state index in [1.807, 2.05) is 0 Å². The smallest absolute Gasteiger partial charge is 0.306 e. The van der Waals surface area contributed by atoms with Gasteiger partial charge < -0.3 is 14.2 Å². The molecule has 0 bridgehead atoms. The van der Waals surface area contributed by atoms with Gasteiger partial charge in [0.25, 0.3) is 0 Å². The monoisotopic (exact) mass is 829 g/mol. The Morgan fingerprint density at radius 2 is 0.610 bits per heavy atom. The van der Waals surface area contributed by atoms with E-state index in [0.717, 1.165) is 77.0 Å². The second kappa shape index (κ2) is 48.3. The third-order valence-corrected chi connectivity index (χ3v) is 11.1. The van der Waals surface area contributed by atoms with Crippen LogP contribution in [0, 0.1) is 0 Å². The predicted molar refractivity (Wildman–Crippen MR) is 252 cm³/mol. The molecule has 1 unspecified atom stereocenters. The normalized spacial score (nSPS) is 12.3. The molecule has 0 aromatic carbocycles. The lowest BCUT2D eigenvalue weighted by atomic mass is 10.1. The zero-order chi connectivity index (χ0) is 43.0. The van der Waals surface area contributed by atoms with Crippen molar-refractivity contribution < 1.29 is 28.6 Å². The summed E-state index contributed by atoms with van der Waals surface area (Å²) in [7, 11) is 0. The molecule has 0 spiro atoms. The number of esters is 3. The maximum absolute atomic E-state index is 12.8. The fourth-order valence-electron chi connectivity index (χ4n) is 7.23. The summed E-state index contributed by atoms with van der Waals surface area (Å²) in [6, 6.07) is 0. The summed E-state index contributed by atoms with van der Waals surface area (Å²) in [5.41, 5.74) is 0. The molecule has 1 atom stereocenters. The molecule has 0 heterocycles. The predicted octanol–water partition coefficient (Wildman–Crippen LogP) is 16.5. The summed E-state index contributed by atoms with van der Waals surface area (Å²) in [5.74, 6) is -0.889. The van der Waals surface area contributed by atoms with Crippen LogP contribution in [0.1, 0.15) is 265 Å². The molecule has 0 fully saturated rings. The fraction of sp³-hybridized carbons (Fsp3) is 0.830. The van der Waals surface area contributed by atoms with Gasteiger partial charge in [-0.15, -0.1) is 0 Å². The number of ether oxygens (including phenoxy) is 3. The molecule has 0 aromatic rings. The molecule has 0 saturated heterocycles. The lowest BCUT2D eigenvalue weighted by Gasteiger charge is -2.18. The summed E-state index contributed by atoms with van der Waals surface area (Å²) in [6.45, 7) is 6.59. The average molecular weight is 829 g/mol. The zero-order valence-electron chi connectivity index (χ0n) is 39.3. The molecule has 0 rings (SSSR count). The van der Waals surface area contributed by atoms with E-state index in [1.54, 1.807) is 0 Å². The molecule has 0 aliphatic rings. The van der Waals surface area contributed by atoms with E-state index < -0.39 is 6.10 Å². The Balaban J connectivity index is 4.30. The molecule has 0 aromatic heterocycles. The first-order chi connectivity index (χ1) is 29.0. The molecule has 0 saturated carbocycles. The number of rotatable bonds is 46. The molecule has 0 aliphatic carbocycles. The number of unbranched alkanes of at least 4 members (excludes halogenated alkanes) is 29. The molecule has 0 aliphatic heterocycles. The Kier molecular flexibility index (Phi) is 46.4. The Morgan fingerprint density at radius 3 is 0.966 bits per heavy atom. The standard InChI is InChI=1S/C53H96O6/c1-4-7-10-13-16-19-21-23-25-26-27-29-30-32-34-37-40-43-46-52(55)58-49-50(48-57-51(54)45-42-39-36-18-15-12-9-6-3)59-53(56)47-44-41-38-35-33-31-28-24-22-20-17-14-11-8-5-2/h19,21,24-26,28,50H,4-18,20,22-23,27,29-49H2,1-3H3/b21-19-,26-25-,28-24-. The highest BCUT2D eigenvalue weighted by molar-refractivity contribution is 5.71. The van der Waals surface area contributed by atoms with Crippen LogP contribution in [0.3, 0.4) is 0 Å². The van der Waals surface area contributed by atoms with Crippen LogP contribution in [0.4, 0.5) is 0 Å². The lowest BCUT2D eigenvalue weighted by Crippen LogP contribution is -2.30. The minimum Gasteiger partial charge on any atom is -0.462 e. The first-order valence-corrected chi connectivity index (χ1v) is 25.5. The lowest BCUT2D eigenvalue weighted by molar-refractivity contribution is -0.167. The van der Waals surface area contributed by atoms with Crippen molar-refractivity contribution in [1.82, 2.24) is 0 Å². The van der Waals surface area contributed by atoms with E-state index >= 15 is 0 Å². The molecular weight excluding hydrogens is 733 g/mol. The van der Waals surface area contributed by atoms with Crippen molar-refractivity contribution in [1.29, 1.82) is 0 Å². The molecule has 0 amide bonds. The van der Waals surface area contributed by atoms with Crippen LogP contribution >= 0.6 is 0 Å². The quantitative estimate of drug-likeness (QED) is 0.0263. The van der Waals surface area contributed by atoms with Crippen LogP contribution < -0.4 is 0 Å². The van der Waals surface area contributed by atoms with Crippen molar-refractivity contribution >= 4 is 17.9 Å². The second-order valence-electron chi connectivity index (χ2n) is 17.1. The van der Waals surface area contributed by atoms with Gasteiger partial charge >= 0.3 is 17.9 Å². The van der Waals surface area contributed by atoms with Gasteiger partial charge in [0.15, 0.2) is 6.10 Å². The number of carbonyl (C=O) groups is 3. The Hall–Kier alpha value is -2.37. The van der Waals surface area contributed by atoms with Crippen molar-refractivity contribution in [3.63, 3.8) is 0 Å². The number of hydrogen-bond acceptors (Lipinski definition) is 6. The van der Waals surface area contributed by atoms with Crippen molar-refractivity contribution in [2.75, 3.05) is 13.2 Å². The highest BCUT2D eigenvalue weighted by Crippen LogP contribution is 2.14. The van der Waals surface area contributed by atoms with Gasteiger partial charge in [0.05, 0.1) is 0 Å². The third kappa shape index (κ3) is 46.5. The van der Waals surface area contributed by atoms with Crippen LogP contribution in [-0.2, 0) is 28.6 Å². The Bertz CT molecular complexity index is 1000. The van der Waals surface area contributed by atoms with Gasteiger partial charge in [-0.05, 0) is 77.0 Å².